The molecule has 2 N–H and O–H groups in total. The van der Waals surface area contributed by atoms with Crippen molar-refractivity contribution in [3.8, 4) is 0 Å². The number of aryl methyl sites for hydroxylation is 1. The van der Waals surface area contributed by atoms with Crippen LogP contribution in [0.4, 0.5) is 0 Å². The fourth-order valence-electron chi connectivity index (χ4n) is 2.59. The van der Waals surface area contributed by atoms with Gasteiger partial charge in [0.25, 0.3) is 0 Å². The molecule has 1 aliphatic rings. The van der Waals surface area contributed by atoms with E-state index in [1.165, 1.54) is 5.56 Å². The molecule has 5 heteroatoms. The molecule has 1 atom stereocenters. The van der Waals surface area contributed by atoms with Crippen LogP contribution in [0.2, 0.25) is 0 Å². The van der Waals surface area contributed by atoms with Crippen LogP contribution in [-0.4, -0.2) is 22.2 Å². The highest BCUT2D eigenvalue weighted by molar-refractivity contribution is 5.83. The highest BCUT2D eigenvalue weighted by atomic mass is 16.2. The third-order valence-electron chi connectivity index (χ3n) is 3.74. The number of hydrogen-bond acceptors (Lipinski definition) is 3. The third kappa shape index (κ3) is 2.44. The molecule has 0 spiro atoms. The SMILES string of the molecule is Cn1nccc1CNC(=O)C1NCCc2ccccc21. The Morgan fingerprint density at radius 3 is 3.10 bits per heavy atom. The molecule has 1 aromatic heterocycles. The van der Waals surface area contributed by atoms with E-state index in [9.17, 15) is 4.79 Å². The first-order chi connectivity index (χ1) is 9.75. The van der Waals surface area contributed by atoms with Gasteiger partial charge in [-0.25, -0.2) is 0 Å². The first-order valence-corrected chi connectivity index (χ1v) is 6.81. The molecule has 104 valence electrons. The number of amides is 1. The summed E-state index contributed by atoms with van der Waals surface area (Å²) in [7, 11) is 1.87. The first-order valence-electron chi connectivity index (χ1n) is 6.81. The molecule has 2 aromatic rings. The molecule has 0 bridgehead atoms. The second kappa shape index (κ2) is 5.46. The second-order valence-electron chi connectivity index (χ2n) is 5.00. The summed E-state index contributed by atoms with van der Waals surface area (Å²) in [4.78, 5) is 12.4. The summed E-state index contributed by atoms with van der Waals surface area (Å²) in [5, 5.41) is 10.4. The standard InChI is InChI=1S/C15H18N4O/c1-19-12(7-9-18-19)10-17-15(20)14-13-5-3-2-4-11(13)6-8-16-14/h2-5,7,9,14,16H,6,8,10H2,1H3,(H,17,20). The van der Waals surface area contributed by atoms with E-state index in [0.717, 1.165) is 24.2 Å². The topological polar surface area (TPSA) is 59.0 Å². The number of aromatic nitrogens is 2. The molecule has 0 fully saturated rings. The zero-order chi connectivity index (χ0) is 13.9. The van der Waals surface area contributed by atoms with Gasteiger partial charge in [0.15, 0.2) is 0 Å². The molecule has 0 aliphatic carbocycles. The van der Waals surface area contributed by atoms with Crippen molar-refractivity contribution in [3.63, 3.8) is 0 Å². The summed E-state index contributed by atoms with van der Waals surface area (Å²) in [6, 6.07) is 9.77. The van der Waals surface area contributed by atoms with E-state index >= 15 is 0 Å². The number of nitrogens with one attached hydrogen (secondary N) is 2. The van der Waals surface area contributed by atoms with Crippen LogP contribution < -0.4 is 10.6 Å². The lowest BCUT2D eigenvalue weighted by Gasteiger charge is -2.26. The molecular formula is C15H18N4O. The monoisotopic (exact) mass is 270 g/mol. The fourth-order valence-corrected chi connectivity index (χ4v) is 2.59. The Balaban J connectivity index is 1.71. The van der Waals surface area contributed by atoms with Crippen molar-refractivity contribution >= 4 is 5.91 Å². The van der Waals surface area contributed by atoms with Crippen molar-refractivity contribution in [2.45, 2.75) is 19.0 Å². The minimum absolute atomic E-state index is 0.0124. The van der Waals surface area contributed by atoms with Gasteiger partial charge in [0.05, 0.1) is 12.2 Å². The number of hydrogen-bond donors (Lipinski definition) is 2. The summed E-state index contributed by atoms with van der Waals surface area (Å²) >= 11 is 0. The Morgan fingerprint density at radius 2 is 2.30 bits per heavy atom. The maximum atomic E-state index is 12.4. The summed E-state index contributed by atoms with van der Waals surface area (Å²) in [6.07, 6.45) is 2.71. The van der Waals surface area contributed by atoms with Crippen molar-refractivity contribution in [3.05, 3.63) is 53.3 Å². The minimum Gasteiger partial charge on any atom is -0.349 e. The van der Waals surface area contributed by atoms with Gasteiger partial charge >= 0.3 is 0 Å². The molecule has 1 amide bonds. The van der Waals surface area contributed by atoms with Crippen LogP contribution in [0.1, 0.15) is 22.9 Å². The summed E-state index contributed by atoms with van der Waals surface area (Å²) in [6.45, 7) is 1.33. The van der Waals surface area contributed by atoms with E-state index in [2.05, 4.69) is 21.8 Å². The number of fused-ring (bicyclic) bond motifs is 1. The van der Waals surface area contributed by atoms with Crippen LogP contribution in [-0.2, 0) is 24.8 Å². The Kier molecular flexibility index (Phi) is 3.52. The molecule has 2 heterocycles. The zero-order valence-electron chi connectivity index (χ0n) is 11.5. The van der Waals surface area contributed by atoms with E-state index in [-0.39, 0.29) is 11.9 Å². The average molecular weight is 270 g/mol. The van der Waals surface area contributed by atoms with Gasteiger partial charge in [-0.05, 0) is 23.6 Å². The highest BCUT2D eigenvalue weighted by Gasteiger charge is 2.25. The first kappa shape index (κ1) is 12.9. The number of carbonyl (C=O) groups is 1. The smallest absolute Gasteiger partial charge is 0.242 e. The van der Waals surface area contributed by atoms with Gasteiger partial charge in [-0.1, -0.05) is 24.3 Å². The van der Waals surface area contributed by atoms with Gasteiger partial charge in [0.1, 0.15) is 6.04 Å². The molecular weight excluding hydrogens is 252 g/mol. The van der Waals surface area contributed by atoms with Gasteiger partial charge < -0.3 is 10.6 Å². The number of nitrogens with zero attached hydrogens (tertiary/aromatic N) is 2. The maximum Gasteiger partial charge on any atom is 0.242 e. The van der Waals surface area contributed by atoms with E-state index in [4.69, 9.17) is 0 Å². The lowest BCUT2D eigenvalue weighted by Crippen LogP contribution is -2.41. The largest absolute Gasteiger partial charge is 0.349 e. The van der Waals surface area contributed by atoms with Gasteiger partial charge in [0.2, 0.25) is 5.91 Å². The normalized spacial score (nSPS) is 17.6. The molecule has 1 unspecified atom stereocenters. The molecule has 0 radical (unpaired) electrons. The third-order valence-corrected chi connectivity index (χ3v) is 3.74. The molecule has 1 aromatic carbocycles. The van der Waals surface area contributed by atoms with Crippen molar-refractivity contribution in [2.75, 3.05) is 6.54 Å². The Hall–Kier alpha value is -2.14. The van der Waals surface area contributed by atoms with Crippen molar-refractivity contribution in [2.24, 2.45) is 7.05 Å². The van der Waals surface area contributed by atoms with E-state index in [0.29, 0.717) is 6.54 Å². The fraction of sp³-hybridized carbons (Fsp3) is 0.333. The van der Waals surface area contributed by atoms with Gasteiger partial charge in [-0.2, -0.15) is 5.10 Å². The van der Waals surface area contributed by atoms with Gasteiger partial charge in [-0.3, -0.25) is 9.48 Å². The minimum atomic E-state index is -0.256. The summed E-state index contributed by atoms with van der Waals surface area (Å²) in [5.74, 6) is 0.0124. The predicted molar refractivity (Wildman–Crippen MR) is 75.9 cm³/mol. The van der Waals surface area contributed by atoms with Gasteiger partial charge in [-0.15, -0.1) is 0 Å². The number of benzene rings is 1. The number of rotatable bonds is 3. The van der Waals surface area contributed by atoms with E-state index < -0.39 is 0 Å². The average Bonchev–Trinajstić information content (AvgIpc) is 2.89. The molecule has 0 saturated carbocycles. The van der Waals surface area contributed by atoms with Crippen LogP contribution in [0, 0.1) is 0 Å². The van der Waals surface area contributed by atoms with Crippen LogP contribution in [0.3, 0.4) is 0 Å². The van der Waals surface area contributed by atoms with Crippen molar-refractivity contribution in [1.29, 1.82) is 0 Å². The van der Waals surface area contributed by atoms with Crippen molar-refractivity contribution < 1.29 is 4.79 Å². The highest BCUT2D eigenvalue weighted by Crippen LogP contribution is 2.22. The van der Waals surface area contributed by atoms with E-state index in [1.807, 2.05) is 31.3 Å². The lowest BCUT2D eigenvalue weighted by atomic mass is 9.94. The lowest BCUT2D eigenvalue weighted by molar-refractivity contribution is -0.123. The molecule has 3 rings (SSSR count). The zero-order valence-corrected chi connectivity index (χ0v) is 11.5. The summed E-state index contributed by atoms with van der Waals surface area (Å²) in [5.41, 5.74) is 3.33. The number of carbonyl (C=O) groups excluding carboxylic acids is 1. The summed E-state index contributed by atoms with van der Waals surface area (Å²) < 4.78 is 1.77. The predicted octanol–water partition coefficient (Wildman–Crippen LogP) is 0.923. The van der Waals surface area contributed by atoms with E-state index in [1.54, 1.807) is 10.9 Å². The van der Waals surface area contributed by atoms with Crippen LogP contribution >= 0.6 is 0 Å². The van der Waals surface area contributed by atoms with Crippen molar-refractivity contribution in [1.82, 2.24) is 20.4 Å². The van der Waals surface area contributed by atoms with Crippen LogP contribution in [0.15, 0.2) is 36.5 Å². The molecule has 20 heavy (non-hydrogen) atoms. The quantitative estimate of drug-likeness (QED) is 0.872. The molecule has 5 nitrogen and oxygen atoms in total. The molecule has 1 aliphatic heterocycles. The maximum absolute atomic E-state index is 12.4. The Labute approximate surface area is 118 Å². The second-order valence-corrected chi connectivity index (χ2v) is 5.00. The van der Waals surface area contributed by atoms with Crippen LogP contribution in [0.5, 0.6) is 0 Å². The van der Waals surface area contributed by atoms with Gasteiger partial charge in [0, 0.05) is 19.8 Å². The Morgan fingerprint density at radius 1 is 1.45 bits per heavy atom. The van der Waals surface area contributed by atoms with Crippen LogP contribution in [0.25, 0.3) is 0 Å². The molecule has 0 saturated heterocycles. The Bertz CT molecular complexity index is 620.